The highest BCUT2D eigenvalue weighted by molar-refractivity contribution is 8.46. The van der Waals surface area contributed by atoms with E-state index in [0.29, 0.717) is 3.91 Å². The van der Waals surface area contributed by atoms with Gasteiger partial charge in [-0.05, 0) is 0 Å². The van der Waals surface area contributed by atoms with E-state index in [1.54, 1.807) is 11.8 Å². The van der Waals surface area contributed by atoms with Gasteiger partial charge in [-0.15, -0.1) is 59.7 Å². The highest BCUT2D eigenvalue weighted by Gasteiger charge is 2.45. The maximum atomic E-state index is 4.65. The van der Waals surface area contributed by atoms with E-state index in [1.165, 1.54) is 0 Å². The van der Waals surface area contributed by atoms with Crippen LogP contribution in [0, 0.1) is 0 Å². The smallest absolute Gasteiger partial charge is 0.127 e. The second kappa shape index (κ2) is 6.51. The van der Waals surface area contributed by atoms with E-state index >= 15 is 0 Å². The van der Waals surface area contributed by atoms with Crippen molar-refractivity contribution in [3.05, 3.63) is 0 Å². The summed E-state index contributed by atoms with van der Waals surface area (Å²) < 4.78 is 0.663. The Balaban J connectivity index is 2.49. The summed E-state index contributed by atoms with van der Waals surface area (Å²) in [5.41, 5.74) is 0. The number of rotatable bonds is 4. The predicted molar refractivity (Wildman–Crippen MR) is 86.3 cm³/mol. The van der Waals surface area contributed by atoms with Gasteiger partial charge >= 0.3 is 0 Å². The number of hydrogen-bond acceptors (Lipinski definition) is 8. The van der Waals surface area contributed by atoms with Crippen LogP contribution in [-0.2, 0) is 0 Å². The molecule has 0 amide bonds. The lowest BCUT2D eigenvalue weighted by Gasteiger charge is -2.23. The SMILES string of the molecule is SCSC1SC(S)C(S)(SCS)S1. The quantitative estimate of drug-likeness (QED) is 0.458. The first-order valence-electron chi connectivity index (χ1n) is 3.33. The van der Waals surface area contributed by atoms with Crippen molar-refractivity contribution in [1.29, 1.82) is 0 Å². The van der Waals surface area contributed by atoms with Crippen LogP contribution in [0.5, 0.6) is 0 Å². The molecule has 0 nitrogen and oxygen atoms in total. The van der Waals surface area contributed by atoms with Gasteiger partial charge in [-0.1, -0.05) is 0 Å². The monoisotopic (exact) mass is 326 g/mol. The molecule has 0 spiro atoms. The first-order valence-corrected chi connectivity index (χ1v) is 9.42. The van der Waals surface area contributed by atoms with E-state index in [-0.39, 0.29) is 7.99 Å². The molecule has 13 heavy (non-hydrogen) atoms. The van der Waals surface area contributed by atoms with E-state index < -0.39 is 0 Å². The Morgan fingerprint density at radius 2 is 2.00 bits per heavy atom. The summed E-state index contributed by atoms with van der Waals surface area (Å²) in [6, 6.07) is 0. The molecule has 3 atom stereocenters. The Labute approximate surface area is 118 Å². The van der Waals surface area contributed by atoms with Gasteiger partial charge in [0.05, 0.1) is 8.50 Å². The Morgan fingerprint density at radius 3 is 2.54 bits per heavy atom. The molecule has 0 aliphatic carbocycles. The van der Waals surface area contributed by atoms with E-state index in [4.69, 9.17) is 0 Å². The van der Waals surface area contributed by atoms with Crippen LogP contribution in [0.2, 0.25) is 0 Å². The molecule has 0 aromatic rings. The number of thiol groups is 4. The summed E-state index contributed by atoms with van der Waals surface area (Å²) in [5, 5.41) is 1.63. The van der Waals surface area contributed by atoms with Crippen LogP contribution in [0.3, 0.4) is 0 Å². The summed E-state index contributed by atoms with van der Waals surface area (Å²) in [4.78, 5) is 0. The molecule has 0 N–H and O–H groups in total. The Hall–Kier alpha value is 2.80. The lowest BCUT2D eigenvalue weighted by atomic mass is 10.9. The Kier molecular flexibility index (Phi) is 6.95. The van der Waals surface area contributed by atoms with Crippen LogP contribution >= 0.6 is 97.6 Å². The lowest BCUT2D eigenvalue weighted by molar-refractivity contribution is 1.32. The van der Waals surface area contributed by atoms with Crippen molar-refractivity contribution in [2.45, 2.75) is 11.9 Å². The molecule has 1 saturated heterocycles. The second-order valence-electron chi connectivity index (χ2n) is 2.09. The number of hydrogen-bond donors (Lipinski definition) is 4. The van der Waals surface area contributed by atoms with Crippen LogP contribution in [0.15, 0.2) is 0 Å². The van der Waals surface area contributed by atoms with Crippen LogP contribution < -0.4 is 0 Å². The zero-order valence-electron chi connectivity index (χ0n) is 6.49. The number of thioether (sulfide) groups is 4. The zero-order valence-corrected chi connectivity index (χ0v) is 13.3. The molecule has 3 unspecified atom stereocenters. The third-order valence-electron chi connectivity index (χ3n) is 1.30. The maximum absolute atomic E-state index is 4.65. The van der Waals surface area contributed by atoms with Gasteiger partial charge in [0, 0.05) is 10.2 Å². The van der Waals surface area contributed by atoms with Crippen molar-refractivity contribution < 1.29 is 0 Å². The molecule has 0 aromatic heterocycles. The van der Waals surface area contributed by atoms with Gasteiger partial charge in [-0.3, -0.25) is 0 Å². The zero-order chi connectivity index (χ0) is 9.90. The van der Waals surface area contributed by atoms with Gasteiger partial charge in [0.2, 0.25) is 0 Å². The molecule has 8 heteroatoms. The van der Waals surface area contributed by atoms with E-state index in [2.05, 4.69) is 50.5 Å². The molecule has 0 aromatic carbocycles. The summed E-state index contributed by atoms with van der Waals surface area (Å²) in [6.45, 7) is 0. The van der Waals surface area contributed by atoms with Crippen LogP contribution in [0.25, 0.3) is 0 Å². The normalized spacial score (nSPS) is 39.7. The highest BCUT2D eigenvalue weighted by Crippen LogP contribution is 2.63. The molecule has 78 valence electrons. The molecule has 0 radical (unpaired) electrons. The average molecular weight is 327 g/mol. The molecule has 1 aliphatic rings. The third-order valence-corrected chi connectivity index (χ3v) is 10.4. The molecule has 0 saturated carbocycles. The summed E-state index contributed by atoms with van der Waals surface area (Å²) in [5.74, 6) is 0. The first-order chi connectivity index (χ1) is 6.12. The van der Waals surface area contributed by atoms with Crippen molar-refractivity contribution in [1.82, 2.24) is 0 Å². The van der Waals surface area contributed by atoms with Gasteiger partial charge in [0.15, 0.2) is 0 Å². The molecular weight excluding hydrogens is 317 g/mol. The molecule has 1 aliphatic heterocycles. The van der Waals surface area contributed by atoms with E-state index in [1.807, 2.05) is 35.3 Å². The van der Waals surface area contributed by atoms with Gasteiger partial charge < -0.3 is 0 Å². The predicted octanol–water partition coefficient (Wildman–Crippen LogP) is 3.83. The standard InChI is InChI=1S/C5H10S8/c6-1-10-4-12-3(8)5(9,13-4)11-2-7/h3-4,6-9H,1-2H2. The molecular formula is C5H10S8. The minimum atomic E-state index is -0.101. The van der Waals surface area contributed by atoms with Gasteiger partial charge in [-0.2, -0.15) is 37.9 Å². The molecule has 1 rings (SSSR count). The maximum Gasteiger partial charge on any atom is 0.127 e. The highest BCUT2D eigenvalue weighted by atomic mass is 32.3. The largest absolute Gasteiger partial charge is 0.168 e. The van der Waals surface area contributed by atoms with E-state index in [9.17, 15) is 0 Å². The summed E-state index contributed by atoms with van der Waals surface area (Å²) >= 11 is 24.8. The van der Waals surface area contributed by atoms with Crippen molar-refractivity contribution in [2.75, 3.05) is 10.2 Å². The first kappa shape index (κ1) is 13.9. The lowest BCUT2D eigenvalue weighted by Crippen LogP contribution is -2.17. The summed E-state index contributed by atoms with van der Waals surface area (Å²) in [7, 11) is 0. The Bertz CT molecular complexity index is 163. The molecule has 0 bridgehead atoms. The van der Waals surface area contributed by atoms with Crippen LogP contribution in [0.1, 0.15) is 0 Å². The van der Waals surface area contributed by atoms with Crippen LogP contribution in [-0.4, -0.2) is 22.1 Å². The second-order valence-corrected chi connectivity index (χ2v) is 11.8. The third kappa shape index (κ3) is 3.94. The topological polar surface area (TPSA) is 0 Å². The minimum absolute atomic E-state index is 0.101. The molecule has 1 heterocycles. The average Bonchev–Trinajstić information content (AvgIpc) is 2.29. The van der Waals surface area contributed by atoms with Crippen LogP contribution in [0.4, 0.5) is 0 Å². The van der Waals surface area contributed by atoms with Crippen molar-refractivity contribution in [3.63, 3.8) is 0 Å². The van der Waals surface area contributed by atoms with Gasteiger partial charge in [-0.25, -0.2) is 0 Å². The fourth-order valence-corrected chi connectivity index (χ4v) is 11.2. The summed E-state index contributed by atoms with van der Waals surface area (Å²) in [6.07, 6.45) is 0. The minimum Gasteiger partial charge on any atom is -0.168 e. The van der Waals surface area contributed by atoms with E-state index in [0.717, 1.165) is 10.2 Å². The molecule has 1 fully saturated rings. The van der Waals surface area contributed by atoms with Gasteiger partial charge in [0.25, 0.3) is 0 Å². The van der Waals surface area contributed by atoms with Gasteiger partial charge in [0.1, 0.15) is 3.41 Å². The van der Waals surface area contributed by atoms with Crippen molar-refractivity contribution in [2.24, 2.45) is 0 Å². The van der Waals surface area contributed by atoms with Crippen molar-refractivity contribution in [3.8, 4) is 0 Å². The fourth-order valence-electron chi connectivity index (χ4n) is 0.747. The van der Waals surface area contributed by atoms with Crippen molar-refractivity contribution >= 4 is 97.6 Å². The Morgan fingerprint density at radius 1 is 1.31 bits per heavy atom. The fraction of sp³-hybridized carbons (Fsp3) is 1.00.